The first-order chi connectivity index (χ1) is 16.8. The second-order valence-electron chi connectivity index (χ2n) is 8.34. The van der Waals surface area contributed by atoms with Gasteiger partial charge in [-0.2, -0.15) is 0 Å². The number of benzene rings is 2. The quantitative estimate of drug-likeness (QED) is 0.280. The molecule has 3 amide bonds. The van der Waals surface area contributed by atoms with Crippen LogP contribution in [0.2, 0.25) is 0 Å². The van der Waals surface area contributed by atoms with Gasteiger partial charge in [-0.25, -0.2) is 0 Å². The number of fused-ring (bicyclic) bond motifs is 1. The van der Waals surface area contributed by atoms with Gasteiger partial charge in [0.15, 0.2) is 0 Å². The van der Waals surface area contributed by atoms with Crippen LogP contribution in [0.15, 0.2) is 67.0 Å². The van der Waals surface area contributed by atoms with Gasteiger partial charge >= 0.3 is 0 Å². The standard InChI is InChI=1S/C26H24N4O5/c1-3-18-9-11-19(12-10-18)15-28(16-20-6-5-13-27-14-20)24(31)17(2)29-25(32)21-7-4-8-22(30(34)35)23(21)26(29)33/h4-14,17H,3,15-16H2,1-2H3/t17-/m0/s1. The highest BCUT2D eigenvalue weighted by atomic mass is 16.6. The van der Waals surface area contributed by atoms with Crippen molar-refractivity contribution < 1.29 is 19.3 Å². The Balaban J connectivity index is 1.64. The van der Waals surface area contributed by atoms with Crippen LogP contribution in [-0.2, 0) is 24.3 Å². The zero-order valence-corrected chi connectivity index (χ0v) is 19.4. The van der Waals surface area contributed by atoms with E-state index >= 15 is 0 Å². The Bertz CT molecular complexity index is 1290. The number of hydrogen-bond acceptors (Lipinski definition) is 6. The number of carbonyl (C=O) groups is 3. The number of hydrogen-bond donors (Lipinski definition) is 0. The molecule has 0 saturated carbocycles. The summed E-state index contributed by atoms with van der Waals surface area (Å²) in [6.45, 7) is 3.99. The van der Waals surface area contributed by atoms with Crippen molar-refractivity contribution in [2.75, 3.05) is 0 Å². The van der Waals surface area contributed by atoms with Crippen molar-refractivity contribution in [2.45, 2.75) is 39.4 Å². The minimum absolute atomic E-state index is 0.0715. The smallest absolute Gasteiger partial charge is 0.282 e. The Morgan fingerprint density at radius 1 is 1.00 bits per heavy atom. The van der Waals surface area contributed by atoms with Gasteiger partial charge in [0.1, 0.15) is 11.6 Å². The summed E-state index contributed by atoms with van der Waals surface area (Å²) in [6.07, 6.45) is 4.17. The molecule has 0 N–H and O–H groups in total. The minimum atomic E-state index is -1.16. The lowest BCUT2D eigenvalue weighted by Gasteiger charge is -2.29. The van der Waals surface area contributed by atoms with Crippen LogP contribution in [0.4, 0.5) is 5.69 Å². The van der Waals surface area contributed by atoms with E-state index in [0.29, 0.717) is 0 Å². The molecule has 1 aliphatic heterocycles. The normalized spacial score (nSPS) is 13.5. The van der Waals surface area contributed by atoms with Gasteiger partial charge in [-0.1, -0.05) is 43.3 Å². The lowest BCUT2D eigenvalue weighted by atomic mass is 10.1. The van der Waals surface area contributed by atoms with E-state index in [4.69, 9.17) is 0 Å². The number of aryl methyl sites for hydroxylation is 1. The molecule has 35 heavy (non-hydrogen) atoms. The first kappa shape index (κ1) is 23.7. The van der Waals surface area contributed by atoms with Gasteiger partial charge in [-0.3, -0.25) is 34.4 Å². The Hall–Kier alpha value is -4.40. The van der Waals surface area contributed by atoms with Crippen molar-refractivity contribution in [3.05, 3.63) is 105 Å². The maximum Gasteiger partial charge on any atom is 0.282 e. The number of nitro groups is 1. The van der Waals surface area contributed by atoms with Crippen LogP contribution in [0, 0.1) is 10.1 Å². The van der Waals surface area contributed by atoms with Crippen LogP contribution in [0.5, 0.6) is 0 Å². The van der Waals surface area contributed by atoms with Crippen molar-refractivity contribution in [3.63, 3.8) is 0 Å². The molecule has 0 bridgehead atoms. The van der Waals surface area contributed by atoms with E-state index in [9.17, 15) is 24.5 Å². The number of imide groups is 1. The number of amides is 3. The Morgan fingerprint density at radius 2 is 1.69 bits per heavy atom. The van der Waals surface area contributed by atoms with Gasteiger partial charge in [-0.15, -0.1) is 0 Å². The summed E-state index contributed by atoms with van der Waals surface area (Å²) in [5.74, 6) is -2.01. The second kappa shape index (κ2) is 9.84. The average molecular weight is 473 g/mol. The lowest BCUT2D eigenvalue weighted by molar-refractivity contribution is -0.385. The van der Waals surface area contributed by atoms with Crippen molar-refractivity contribution in [1.82, 2.24) is 14.8 Å². The molecule has 0 unspecified atom stereocenters. The molecule has 0 aliphatic carbocycles. The molecule has 178 valence electrons. The van der Waals surface area contributed by atoms with Gasteiger partial charge in [0.2, 0.25) is 5.91 Å². The zero-order valence-electron chi connectivity index (χ0n) is 19.4. The number of rotatable bonds is 8. The molecule has 0 spiro atoms. The van der Waals surface area contributed by atoms with Crippen LogP contribution >= 0.6 is 0 Å². The average Bonchev–Trinajstić information content (AvgIpc) is 3.13. The fraction of sp³-hybridized carbons (Fsp3) is 0.231. The highest BCUT2D eigenvalue weighted by Crippen LogP contribution is 2.32. The number of aromatic nitrogens is 1. The van der Waals surface area contributed by atoms with Crippen LogP contribution < -0.4 is 0 Å². The molecular weight excluding hydrogens is 448 g/mol. The fourth-order valence-corrected chi connectivity index (χ4v) is 4.19. The van der Waals surface area contributed by atoms with Gasteiger partial charge in [0.05, 0.1) is 10.5 Å². The zero-order chi connectivity index (χ0) is 25.1. The molecular formula is C26H24N4O5. The van der Waals surface area contributed by atoms with Crippen LogP contribution in [0.3, 0.4) is 0 Å². The summed E-state index contributed by atoms with van der Waals surface area (Å²) in [7, 11) is 0. The van der Waals surface area contributed by atoms with Gasteiger partial charge in [-0.05, 0) is 42.2 Å². The predicted molar refractivity (Wildman–Crippen MR) is 127 cm³/mol. The summed E-state index contributed by atoms with van der Waals surface area (Å²) >= 11 is 0. The summed E-state index contributed by atoms with van der Waals surface area (Å²) in [5, 5.41) is 11.4. The summed E-state index contributed by atoms with van der Waals surface area (Å²) in [5.41, 5.74) is 2.04. The molecule has 0 radical (unpaired) electrons. The molecule has 4 rings (SSSR count). The predicted octanol–water partition coefficient (Wildman–Crippen LogP) is 3.77. The number of carbonyl (C=O) groups excluding carboxylic acids is 3. The largest absolute Gasteiger partial charge is 0.332 e. The van der Waals surface area contributed by atoms with E-state index in [1.54, 1.807) is 23.4 Å². The maximum atomic E-state index is 13.6. The number of nitrogens with zero attached hydrogens (tertiary/aromatic N) is 4. The molecule has 3 aromatic rings. The van der Waals surface area contributed by atoms with Crippen molar-refractivity contribution in [2.24, 2.45) is 0 Å². The third kappa shape index (κ3) is 4.65. The molecule has 1 aromatic heterocycles. The van der Waals surface area contributed by atoms with Gasteiger partial charge in [0.25, 0.3) is 17.5 Å². The van der Waals surface area contributed by atoms with E-state index in [-0.39, 0.29) is 24.2 Å². The van der Waals surface area contributed by atoms with Gasteiger partial charge in [0, 0.05) is 31.5 Å². The van der Waals surface area contributed by atoms with E-state index in [1.165, 1.54) is 30.7 Å². The molecule has 2 aromatic carbocycles. The highest BCUT2D eigenvalue weighted by molar-refractivity contribution is 6.24. The third-order valence-electron chi connectivity index (χ3n) is 6.08. The summed E-state index contributed by atoms with van der Waals surface area (Å²) < 4.78 is 0. The molecule has 0 fully saturated rings. The van der Waals surface area contributed by atoms with Crippen molar-refractivity contribution in [3.8, 4) is 0 Å². The van der Waals surface area contributed by atoms with Crippen LogP contribution in [-0.4, -0.2) is 43.5 Å². The van der Waals surface area contributed by atoms with Crippen LogP contribution in [0.25, 0.3) is 0 Å². The number of pyridine rings is 1. The minimum Gasteiger partial charge on any atom is -0.332 e. The lowest BCUT2D eigenvalue weighted by Crippen LogP contribution is -2.49. The second-order valence-corrected chi connectivity index (χ2v) is 8.34. The highest BCUT2D eigenvalue weighted by Gasteiger charge is 2.45. The van der Waals surface area contributed by atoms with E-state index in [2.05, 4.69) is 11.9 Å². The van der Waals surface area contributed by atoms with E-state index in [1.807, 2.05) is 30.3 Å². The fourth-order valence-electron chi connectivity index (χ4n) is 4.19. The molecule has 9 heteroatoms. The SMILES string of the molecule is CCc1ccc(CN(Cc2cccnc2)C(=O)[C@H](C)N2C(=O)c3cccc([N+](=O)[O-])c3C2=O)cc1. The number of nitro benzene ring substituents is 1. The van der Waals surface area contributed by atoms with E-state index in [0.717, 1.165) is 22.4 Å². The molecule has 1 aliphatic rings. The van der Waals surface area contributed by atoms with E-state index < -0.39 is 34.4 Å². The van der Waals surface area contributed by atoms with Crippen molar-refractivity contribution in [1.29, 1.82) is 0 Å². The first-order valence-electron chi connectivity index (χ1n) is 11.2. The molecule has 2 heterocycles. The first-order valence-corrected chi connectivity index (χ1v) is 11.2. The maximum absolute atomic E-state index is 13.6. The Labute approximate surface area is 202 Å². The Kier molecular flexibility index (Phi) is 6.68. The molecule has 9 nitrogen and oxygen atoms in total. The third-order valence-corrected chi connectivity index (χ3v) is 6.08. The molecule has 1 atom stereocenters. The van der Waals surface area contributed by atoms with Crippen molar-refractivity contribution >= 4 is 23.4 Å². The molecule has 0 saturated heterocycles. The Morgan fingerprint density at radius 3 is 2.31 bits per heavy atom. The van der Waals surface area contributed by atoms with Gasteiger partial charge < -0.3 is 4.90 Å². The van der Waals surface area contributed by atoms with Crippen LogP contribution in [0.1, 0.15) is 51.3 Å². The summed E-state index contributed by atoms with van der Waals surface area (Å²) in [4.78, 5) is 57.0. The monoisotopic (exact) mass is 472 g/mol. The topological polar surface area (TPSA) is 114 Å². The summed E-state index contributed by atoms with van der Waals surface area (Å²) in [6, 6.07) is 14.2.